The van der Waals surface area contributed by atoms with Crippen molar-refractivity contribution in [2.45, 2.75) is 26.5 Å². The number of hydrogen-bond donors (Lipinski definition) is 0. The minimum absolute atomic E-state index is 0.656. The largest absolute Gasteiger partial charge is 0.259 e. The molecule has 0 aliphatic heterocycles. The van der Waals surface area contributed by atoms with Crippen LogP contribution in [0, 0.1) is 13.8 Å². The van der Waals surface area contributed by atoms with Crippen molar-refractivity contribution in [3.05, 3.63) is 47.0 Å². The molecule has 1 aromatic carbocycles. The van der Waals surface area contributed by atoms with Crippen molar-refractivity contribution >= 4 is 10.8 Å². The third-order valence-corrected chi connectivity index (χ3v) is 3.64. The maximum absolute atomic E-state index is 11.6. The first-order valence-corrected chi connectivity index (χ1v) is 6.64. The van der Waals surface area contributed by atoms with Crippen LogP contribution in [0.2, 0.25) is 0 Å². The van der Waals surface area contributed by atoms with Crippen LogP contribution < -0.4 is 0 Å². The van der Waals surface area contributed by atoms with E-state index in [0.29, 0.717) is 11.5 Å². The average molecular weight is 222 g/mol. The number of benzene rings is 1. The minimum atomic E-state index is -0.773. The summed E-state index contributed by atoms with van der Waals surface area (Å²) in [6.45, 7) is 6.14. The van der Waals surface area contributed by atoms with Crippen LogP contribution in [0.15, 0.2) is 30.4 Å². The summed E-state index contributed by atoms with van der Waals surface area (Å²) >= 11 is 0. The van der Waals surface area contributed by atoms with Crippen LogP contribution in [0.5, 0.6) is 0 Å². The molecule has 15 heavy (non-hydrogen) atoms. The van der Waals surface area contributed by atoms with Crippen LogP contribution >= 0.6 is 0 Å². The van der Waals surface area contributed by atoms with Crippen molar-refractivity contribution in [1.29, 1.82) is 0 Å². The van der Waals surface area contributed by atoms with E-state index in [2.05, 4.69) is 32.0 Å². The molecule has 1 atom stereocenters. The second-order valence-corrected chi connectivity index (χ2v) is 5.24. The molecular weight excluding hydrogens is 204 g/mol. The summed E-state index contributed by atoms with van der Waals surface area (Å²) in [6, 6.07) is 6.29. The Labute approximate surface area is 94.7 Å². The molecule has 1 nitrogen and oxygen atoms in total. The highest BCUT2D eigenvalue weighted by Gasteiger charge is 2.01. The molecule has 0 aliphatic rings. The molecule has 1 unspecified atom stereocenters. The summed E-state index contributed by atoms with van der Waals surface area (Å²) < 4.78 is 11.6. The Morgan fingerprint density at radius 2 is 2.00 bits per heavy atom. The predicted octanol–water partition coefficient (Wildman–Crippen LogP) is 3.13. The predicted molar refractivity (Wildman–Crippen MR) is 67.4 cm³/mol. The van der Waals surface area contributed by atoms with E-state index in [1.807, 2.05) is 19.1 Å². The molecular formula is C13H18OS. The molecule has 0 N–H and O–H groups in total. The first-order chi connectivity index (χ1) is 7.13. The van der Waals surface area contributed by atoms with Gasteiger partial charge in [-0.25, -0.2) is 0 Å². The molecule has 82 valence electrons. The van der Waals surface area contributed by atoms with Crippen molar-refractivity contribution in [1.82, 2.24) is 0 Å². The smallest absolute Gasteiger partial charge is 0.0488 e. The zero-order valence-corrected chi connectivity index (χ0v) is 10.4. The molecule has 0 radical (unpaired) electrons. The molecule has 0 spiro atoms. The first kappa shape index (κ1) is 12.2. The maximum Gasteiger partial charge on any atom is 0.0488 e. The van der Waals surface area contributed by atoms with Crippen LogP contribution in [-0.4, -0.2) is 9.96 Å². The van der Waals surface area contributed by atoms with Gasteiger partial charge >= 0.3 is 0 Å². The summed E-state index contributed by atoms with van der Waals surface area (Å²) in [5.41, 5.74) is 3.73. The molecule has 0 aromatic heterocycles. The van der Waals surface area contributed by atoms with Crippen LogP contribution in [0.25, 0.3) is 0 Å². The highest BCUT2D eigenvalue weighted by atomic mass is 32.2. The zero-order valence-electron chi connectivity index (χ0n) is 9.62. The lowest BCUT2D eigenvalue weighted by Crippen LogP contribution is -1.99. The molecule has 0 saturated carbocycles. The van der Waals surface area contributed by atoms with Gasteiger partial charge in [0.25, 0.3) is 0 Å². The Balaban J connectivity index is 2.65. The van der Waals surface area contributed by atoms with Gasteiger partial charge in [0.2, 0.25) is 0 Å². The van der Waals surface area contributed by atoms with E-state index < -0.39 is 10.8 Å². The molecule has 0 aliphatic carbocycles. The molecule has 0 fully saturated rings. The van der Waals surface area contributed by atoms with Gasteiger partial charge in [-0.3, -0.25) is 4.21 Å². The molecule has 1 rings (SSSR count). The summed E-state index contributed by atoms with van der Waals surface area (Å²) in [4.78, 5) is 0. The summed E-state index contributed by atoms with van der Waals surface area (Å²) in [5, 5.41) is 0. The Kier molecular flexibility index (Phi) is 4.76. The van der Waals surface area contributed by atoms with Crippen LogP contribution in [0.4, 0.5) is 0 Å². The number of aryl methyl sites for hydroxylation is 2. The van der Waals surface area contributed by atoms with E-state index in [-0.39, 0.29) is 0 Å². The van der Waals surface area contributed by atoms with Crippen molar-refractivity contribution in [3.63, 3.8) is 0 Å². The Bertz CT molecular complexity index is 380. The van der Waals surface area contributed by atoms with Crippen molar-refractivity contribution in [2.24, 2.45) is 0 Å². The van der Waals surface area contributed by atoms with Gasteiger partial charge in [0.1, 0.15) is 0 Å². The fraction of sp³-hybridized carbons (Fsp3) is 0.385. The molecule has 2 heteroatoms. The first-order valence-electron chi connectivity index (χ1n) is 5.15. The minimum Gasteiger partial charge on any atom is -0.259 e. The fourth-order valence-corrected chi connectivity index (χ4v) is 2.42. The van der Waals surface area contributed by atoms with Gasteiger partial charge < -0.3 is 0 Å². The van der Waals surface area contributed by atoms with E-state index in [1.165, 1.54) is 16.7 Å². The van der Waals surface area contributed by atoms with Crippen molar-refractivity contribution in [3.8, 4) is 0 Å². The Morgan fingerprint density at radius 3 is 2.60 bits per heavy atom. The summed E-state index contributed by atoms with van der Waals surface area (Å²) in [7, 11) is -0.773. The Morgan fingerprint density at radius 1 is 1.27 bits per heavy atom. The van der Waals surface area contributed by atoms with Crippen molar-refractivity contribution in [2.75, 3.05) is 5.75 Å². The lowest BCUT2D eigenvalue weighted by Gasteiger charge is -2.04. The second kappa shape index (κ2) is 5.86. The lowest BCUT2D eigenvalue weighted by molar-refractivity contribution is 0.684. The SMILES string of the molecule is CC=CCS(=O)Cc1ccc(C)c(C)c1. The average Bonchev–Trinajstić information content (AvgIpc) is 2.20. The molecule has 0 amide bonds. The number of rotatable bonds is 4. The van der Waals surface area contributed by atoms with E-state index in [4.69, 9.17) is 0 Å². The van der Waals surface area contributed by atoms with Gasteiger partial charge in [-0.15, -0.1) is 0 Å². The van der Waals surface area contributed by atoms with Crippen molar-refractivity contribution < 1.29 is 4.21 Å². The summed E-state index contributed by atoms with van der Waals surface area (Å²) in [5.74, 6) is 1.31. The lowest BCUT2D eigenvalue weighted by atomic mass is 10.1. The van der Waals surface area contributed by atoms with Gasteiger partial charge in [-0.05, 0) is 37.5 Å². The zero-order chi connectivity index (χ0) is 11.3. The molecule has 1 aromatic rings. The highest BCUT2D eigenvalue weighted by Crippen LogP contribution is 2.11. The van der Waals surface area contributed by atoms with E-state index in [9.17, 15) is 4.21 Å². The number of hydrogen-bond acceptors (Lipinski definition) is 1. The normalized spacial score (nSPS) is 13.3. The molecule has 0 heterocycles. The van der Waals surface area contributed by atoms with Gasteiger partial charge in [-0.1, -0.05) is 30.4 Å². The topological polar surface area (TPSA) is 17.1 Å². The van der Waals surface area contributed by atoms with E-state index in [1.54, 1.807) is 0 Å². The third kappa shape index (κ3) is 4.00. The van der Waals surface area contributed by atoms with Gasteiger partial charge in [0.05, 0.1) is 0 Å². The fourth-order valence-electron chi connectivity index (χ4n) is 1.34. The van der Waals surface area contributed by atoms with Gasteiger partial charge in [0.15, 0.2) is 0 Å². The quantitative estimate of drug-likeness (QED) is 0.715. The maximum atomic E-state index is 11.6. The molecule has 0 bridgehead atoms. The molecule has 0 saturated heterocycles. The highest BCUT2D eigenvalue weighted by molar-refractivity contribution is 7.84. The number of allylic oxidation sites excluding steroid dienone is 1. The monoisotopic (exact) mass is 222 g/mol. The summed E-state index contributed by atoms with van der Waals surface area (Å²) in [6.07, 6.45) is 3.90. The van der Waals surface area contributed by atoms with Crippen LogP contribution in [0.1, 0.15) is 23.6 Å². The standard InChI is InChI=1S/C13H18OS/c1-4-5-8-15(14)10-13-7-6-11(2)12(3)9-13/h4-7,9H,8,10H2,1-3H3. The van der Waals surface area contributed by atoms with E-state index in [0.717, 1.165) is 0 Å². The van der Waals surface area contributed by atoms with Gasteiger partial charge in [-0.2, -0.15) is 0 Å². The van der Waals surface area contributed by atoms with Gasteiger partial charge in [0, 0.05) is 22.3 Å². The van der Waals surface area contributed by atoms with E-state index >= 15 is 0 Å². The second-order valence-electron chi connectivity index (χ2n) is 3.74. The third-order valence-electron chi connectivity index (χ3n) is 2.42. The van der Waals surface area contributed by atoms with Crippen LogP contribution in [-0.2, 0) is 16.6 Å². The Hall–Kier alpha value is -0.890. The van der Waals surface area contributed by atoms with Crippen LogP contribution in [0.3, 0.4) is 0 Å².